The number of para-hydroxylation sites is 1. The highest BCUT2D eigenvalue weighted by Gasteiger charge is 2.15. The summed E-state index contributed by atoms with van der Waals surface area (Å²) in [5, 5.41) is 0. The molecule has 0 radical (unpaired) electrons. The van der Waals surface area contributed by atoms with Crippen molar-refractivity contribution in [3.8, 4) is 5.75 Å². The first-order chi connectivity index (χ1) is 7.72. The molecule has 2 nitrogen and oxygen atoms in total. The van der Waals surface area contributed by atoms with E-state index in [2.05, 4.69) is 0 Å². The third-order valence-corrected chi connectivity index (χ3v) is 3.38. The van der Waals surface area contributed by atoms with Crippen molar-refractivity contribution < 1.29 is 9.53 Å². The molecule has 2 aromatic rings. The molecule has 0 bridgehead atoms. The highest BCUT2D eigenvalue weighted by molar-refractivity contribution is 7.18. The maximum atomic E-state index is 12.1. The number of carbonyl (C=O) groups excluding carboxylic acids is 1. The molecule has 0 spiro atoms. The van der Waals surface area contributed by atoms with E-state index in [9.17, 15) is 4.79 Å². The molecule has 0 aliphatic rings. The molecule has 0 aliphatic heterocycles. The van der Waals surface area contributed by atoms with Gasteiger partial charge in [0.25, 0.3) is 0 Å². The minimum Gasteiger partial charge on any atom is -0.496 e. The molecule has 1 aromatic heterocycles. The van der Waals surface area contributed by atoms with E-state index in [1.165, 1.54) is 11.3 Å². The standard InChI is InChI=1S/C12H9ClO2S/c1-15-9-5-3-2-4-8(9)12(14)10-6-7-11(13)16-10/h2-7H,1H3. The SMILES string of the molecule is COc1ccccc1C(=O)c1ccc(Cl)s1. The van der Waals surface area contributed by atoms with E-state index >= 15 is 0 Å². The van der Waals surface area contributed by atoms with E-state index in [1.807, 2.05) is 12.1 Å². The Morgan fingerprint density at radius 2 is 2.00 bits per heavy atom. The Morgan fingerprint density at radius 3 is 2.62 bits per heavy atom. The summed E-state index contributed by atoms with van der Waals surface area (Å²) in [7, 11) is 1.55. The molecule has 0 saturated carbocycles. The van der Waals surface area contributed by atoms with Crippen molar-refractivity contribution in [3.05, 3.63) is 51.2 Å². The van der Waals surface area contributed by atoms with Gasteiger partial charge < -0.3 is 4.74 Å². The number of hydrogen-bond acceptors (Lipinski definition) is 3. The zero-order chi connectivity index (χ0) is 11.5. The third kappa shape index (κ3) is 2.10. The van der Waals surface area contributed by atoms with Gasteiger partial charge >= 0.3 is 0 Å². The van der Waals surface area contributed by atoms with Gasteiger partial charge in [-0.1, -0.05) is 23.7 Å². The van der Waals surface area contributed by atoms with Crippen molar-refractivity contribution in [2.75, 3.05) is 7.11 Å². The lowest BCUT2D eigenvalue weighted by atomic mass is 10.1. The molecule has 2 rings (SSSR count). The van der Waals surface area contributed by atoms with Crippen LogP contribution in [0.2, 0.25) is 4.34 Å². The van der Waals surface area contributed by atoms with Crippen molar-refractivity contribution >= 4 is 28.7 Å². The smallest absolute Gasteiger partial charge is 0.206 e. The van der Waals surface area contributed by atoms with Crippen LogP contribution in [0.4, 0.5) is 0 Å². The van der Waals surface area contributed by atoms with Gasteiger partial charge in [-0.15, -0.1) is 11.3 Å². The first kappa shape index (κ1) is 11.2. The van der Waals surface area contributed by atoms with Gasteiger partial charge in [0.1, 0.15) is 5.75 Å². The number of halogens is 1. The summed E-state index contributed by atoms with van der Waals surface area (Å²) < 4.78 is 5.76. The number of rotatable bonds is 3. The predicted molar refractivity (Wildman–Crippen MR) is 65.8 cm³/mol. The highest BCUT2D eigenvalue weighted by atomic mass is 35.5. The first-order valence-corrected chi connectivity index (χ1v) is 5.85. The highest BCUT2D eigenvalue weighted by Crippen LogP contribution is 2.27. The Morgan fingerprint density at radius 1 is 1.25 bits per heavy atom. The van der Waals surface area contributed by atoms with Crippen LogP contribution >= 0.6 is 22.9 Å². The minimum absolute atomic E-state index is 0.0608. The molecule has 0 fully saturated rings. The lowest BCUT2D eigenvalue weighted by Gasteiger charge is -2.05. The number of ether oxygens (including phenoxy) is 1. The van der Waals surface area contributed by atoms with Crippen LogP contribution in [0, 0.1) is 0 Å². The van der Waals surface area contributed by atoms with Gasteiger partial charge in [0.2, 0.25) is 5.78 Å². The van der Waals surface area contributed by atoms with Crippen LogP contribution in [0.3, 0.4) is 0 Å². The summed E-state index contributed by atoms with van der Waals surface area (Å²) in [6.07, 6.45) is 0. The van der Waals surface area contributed by atoms with Crippen LogP contribution in [0.5, 0.6) is 5.75 Å². The lowest BCUT2D eigenvalue weighted by molar-refractivity contribution is 0.103. The minimum atomic E-state index is -0.0608. The van der Waals surface area contributed by atoms with Crippen LogP contribution in [-0.4, -0.2) is 12.9 Å². The fourth-order valence-electron chi connectivity index (χ4n) is 1.40. The van der Waals surface area contributed by atoms with E-state index in [4.69, 9.17) is 16.3 Å². The van der Waals surface area contributed by atoms with Gasteiger partial charge in [-0.25, -0.2) is 0 Å². The van der Waals surface area contributed by atoms with Gasteiger partial charge in [-0.05, 0) is 24.3 Å². The number of ketones is 1. The summed E-state index contributed by atoms with van der Waals surface area (Å²) in [5.74, 6) is 0.520. The Balaban J connectivity index is 2.41. The van der Waals surface area contributed by atoms with Crippen LogP contribution in [0.25, 0.3) is 0 Å². The van der Waals surface area contributed by atoms with E-state index in [0.29, 0.717) is 20.5 Å². The summed E-state index contributed by atoms with van der Waals surface area (Å²) in [6.45, 7) is 0. The number of thiophene rings is 1. The average molecular weight is 253 g/mol. The molecular formula is C12H9ClO2S. The summed E-state index contributed by atoms with van der Waals surface area (Å²) in [6, 6.07) is 10.6. The average Bonchev–Trinajstić information content (AvgIpc) is 2.75. The lowest BCUT2D eigenvalue weighted by Crippen LogP contribution is -2.01. The Kier molecular flexibility index (Phi) is 3.27. The molecule has 0 unspecified atom stereocenters. The molecule has 0 N–H and O–H groups in total. The van der Waals surface area contributed by atoms with Gasteiger partial charge in [-0.3, -0.25) is 4.79 Å². The fourth-order valence-corrected chi connectivity index (χ4v) is 2.40. The Hall–Kier alpha value is -1.32. The normalized spacial score (nSPS) is 10.1. The largest absolute Gasteiger partial charge is 0.496 e. The van der Waals surface area contributed by atoms with Crippen molar-refractivity contribution in [1.82, 2.24) is 0 Å². The topological polar surface area (TPSA) is 26.3 Å². The quantitative estimate of drug-likeness (QED) is 0.780. The number of hydrogen-bond donors (Lipinski definition) is 0. The number of benzene rings is 1. The zero-order valence-electron chi connectivity index (χ0n) is 8.57. The summed E-state index contributed by atoms with van der Waals surface area (Å²) in [5.41, 5.74) is 0.559. The molecule has 1 heterocycles. The van der Waals surface area contributed by atoms with Crippen LogP contribution in [0.1, 0.15) is 15.2 Å². The van der Waals surface area contributed by atoms with Gasteiger partial charge in [0.15, 0.2) is 0 Å². The monoisotopic (exact) mass is 252 g/mol. The van der Waals surface area contributed by atoms with Crippen molar-refractivity contribution in [3.63, 3.8) is 0 Å². The van der Waals surface area contributed by atoms with Gasteiger partial charge in [0.05, 0.1) is 21.9 Å². The van der Waals surface area contributed by atoms with E-state index in [0.717, 1.165) is 0 Å². The summed E-state index contributed by atoms with van der Waals surface area (Å²) >= 11 is 7.07. The van der Waals surface area contributed by atoms with E-state index < -0.39 is 0 Å². The Bertz CT molecular complexity index is 519. The van der Waals surface area contributed by atoms with Gasteiger partial charge in [0, 0.05) is 0 Å². The summed E-state index contributed by atoms with van der Waals surface area (Å²) in [4.78, 5) is 12.7. The molecule has 0 aliphatic carbocycles. The van der Waals surface area contributed by atoms with Crippen LogP contribution in [0.15, 0.2) is 36.4 Å². The van der Waals surface area contributed by atoms with E-state index in [1.54, 1.807) is 31.4 Å². The molecule has 16 heavy (non-hydrogen) atoms. The first-order valence-electron chi connectivity index (χ1n) is 4.65. The van der Waals surface area contributed by atoms with Crippen molar-refractivity contribution in [1.29, 1.82) is 0 Å². The maximum absolute atomic E-state index is 12.1. The number of methoxy groups -OCH3 is 1. The molecular weight excluding hydrogens is 244 g/mol. The maximum Gasteiger partial charge on any atom is 0.206 e. The Labute approximate surface area is 102 Å². The second-order valence-corrected chi connectivity index (χ2v) is 4.85. The third-order valence-electron chi connectivity index (χ3n) is 2.15. The molecule has 0 atom stereocenters. The van der Waals surface area contributed by atoms with Crippen LogP contribution < -0.4 is 4.74 Å². The molecule has 4 heteroatoms. The molecule has 0 amide bonds. The molecule has 82 valence electrons. The number of carbonyl (C=O) groups is 1. The molecule has 0 saturated heterocycles. The molecule has 1 aromatic carbocycles. The van der Waals surface area contributed by atoms with Crippen molar-refractivity contribution in [2.45, 2.75) is 0 Å². The zero-order valence-corrected chi connectivity index (χ0v) is 10.1. The second kappa shape index (κ2) is 4.68. The fraction of sp³-hybridized carbons (Fsp3) is 0.0833. The van der Waals surface area contributed by atoms with Crippen molar-refractivity contribution in [2.24, 2.45) is 0 Å². The predicted octanol–water partition coefficient (Wildman–Crippen LogP) is 3.64. The second-order valence-electron chi connectivity index (χ2n) is 3.13. The van der Waals surface area contributed by atoms with Gasteiger partial charge in [-0.2, -0.15) is 0 Å². The van der Waals surface area contributed by atoms with E-state index in [-0.39, 0.29) is 5.78 Å². The van der Waals surface area contributed by atoms with Crippen LogP contribution in [-0.2, 0) is 0 Å².